The molecule has 2 rings (SSSR count). The summed E-state index contributed by atoms with van der Waals surface area (Å²) in [6.45, 7) is 1.83. The number of thiazole rings is 1. The first-order chi connectivity index (χ1) is 8.06. The largest absolute Gasteiger partial charge is 0.477 e. The van der Waals surface area contributed by atoms with Crippen molar-refractivity contribution in [1.82, 2.24) is 4.98 Å². The van der Waals surface area contributed by atoms with Crippen molar-refractivity contribution < 1.29 is 9.90 Å². The van der Waals surface area contributed by atoms with Gasteiger partial charge in [0.25, 0.3) is 0 Å². The van der Waals surface area contributed by atoms with Gasteiger partial charge in [-0.25, -0.2) is 9.78 Å². The highest BCUT2D eigenvalue weighted by molar-refractivity contribution is 7.13. The van der Waals surface area contributed by atoms with Crippen molar-refractivity contribution in [2.75, 3.05) is 0 Å². The van der Waals surface area contributed by atoms with Crippen molar-refractivity contribution in [3.8, 4) is 0 Å². The van der Waals surface area contributed by atoms with Crippen molar-refractivity contribution in [1.29, 1.82) is 0 Å². The van der Waals surface area contributed by atoms with Gasteiger partial charge in [-0.05, 0) is 12.5 Å². The first-order valence-electron chi connectivity index (χ1n) is 5.31. The van der Waals surface area contributed by atoms with Crippen LogP contribution in [0.1, 0.15) is 25.9 Å². The van der Waals surface area contributed by atoms with Crippen LogP contribution in [-0.4, -0.2) is 23.9 Å². The van der Waals surface area contributed by atoms with Gasteiger partial charge in [0.2, 0.25) is 0 Å². The van der Waals surface area contributed by atoms with Crippen LogP contribution in [0.2, 0.25) is 0 Å². The Bertz CT molecular complexity index is 565. The second-order valence-corrected chi connectivity index (χ2v) is 5.18. The van der Waals surface area contributed by atoms with Crippen LogP contribution in [0.5, 0.6) is 0 Å². The second-order valence-electron chi connectivity index (χ2n) is 3.98. The first kappa shape index (κ1) is 11.9. The van der Waals surface area contributed by atoms with E-state index in [1.807, 2.05) is 33.0 Å². The molecule has 1 aromatic heterocycles. The molecule has 0 aliphatic carbocycles. The summed E-state index contributed by atoms with van der Waals surface area (Å²) in [7, 11) is 2.02. The number of carboxylic acids is 1. The molecular formula is C12H12BNO2S. The number of hydrogen-bond donors (Lipinski definition) is 1. The third kappa shape index (κ3) is 2.74. The van der Waals surface area contributed by atoms with E-state index in [9.17, 15) is 4.79 Å². The van der Waals surface area contributed by atoms with Gasteiger partial charge in [-0.1, -0.05) is 29.7 Å². The minimum absolute atomic E-state index is 0.351. The maximum absolute atomic E-state index is 11.1. The number of benzene rings is 1. The van der Waals surface area contributed by atoms with E-state index >= 15 is 0 Å². The summed E-state index contributed by atoms with van der Waals surface area (Å²) < 4.78 is 0. The molecule has 0 fully saturated rings. The molecule has 1 aromatic carbocycles. The highest BCUT2D eigenvalue weighted by atomic mass is 32.1. The third-order valence-electron chi connectivity index (χ3n) is 2.45. The van der Waals surface area contributed by atoms with Crippen LogP contribution in [0.3, 0.4) is 0 Å². The van der Waals surface area contributed by atoms with Crippen molar-refractivity contribution in [3.63, 3.8) is 0 Å². The lowest BCUT2D eigenvalue weighted by Crippen LogP contribution is -2.04. The fourth-order valence-electron chi connectivity index (χ4n) is 1.77. The van der Waals surface area contributed by atoms with E-state index in [0.717, 1.165) is 10.6 Å². The molecule has 0 saturated heterocycles. The van der Waals surface area contributed by atoms with Crippen LogP contribution >= 0.6 is 11.3 Å². The van der Waals surface area contributed by atoms with Crippen LogP contribution in [0.25, 0.3) is 0 Å². The molecule has 1 heterocycles. The standard InChI is InChI=1S/C12H12BNO2S/c1-7-14-10(11(17-7)12(15)16)6-8-3-2-4-9(13)5-8/h2-5H,6,13H2,1H3,(H,15,16). The van der Waals surface area contributed by atoms with E-state index in [-0.39, 0.29) is 0 Å². The van der Waals surface area contributed by atoms with Crippen LogP contribution in [0.15, 0.2) is 24.3 Å². The molecule has 0 radical (unpaired) electrons. The van der Waals surface area contributed by atoms with Gasteiger partial charge in [-0.15, -0.1) is 11.3 Å². The van der Waals surface area contributed by atoms with Gasteiger partial charge in [0.05, 0.1) is 10.7 Å². The van der Waals surface area contributed by atoms with Crippen molar-refractivity contribution >= 4 is 30.6 Å². The van der Waals surface area contributed by atoms with Crippen LogP contribution < -0.4 is 5.46 Å². The topological polar surface area (TPSA) is 50.2 Å². The van der Waals surface area contributed by atoms with Gasteiger partial charge in [-0.3, -0.25) is 0 Å². The Labute approximate surface area is 105 Å². The minimum atomic E-state index is -0.891. The van der Waals surface area contributed by atoms with Crippen LogP contribution in [0, 0.1) is 6.92 Å². The SMILES string of the molecule is Bc1cccc(Cc2nc(C)sc2C(=O)O)c1. The molecule has 0 bridgehead atoms. The normalized spacial score (nSPS) is 10.4. The number of nitrogens with zero attached hydrogens (tertiary/aromatic N) is 1. The lowest BCUT2D eigenvalue weighted by Gasteiger charge is -2.01. The summed E-state index contributed by atoms with van der Waals surface area (Å²) >= 11 is 1.24. The van der Waals surface area contributed by atoms with Crippen molar-refractivity contribution in [2.45, 2.75) is 13.3 Å². The van der Waals surface area contributed by atoms with E-state index in [1.54, 1.807) is 0 Å². The minimum Gasteiger partial charge on any atom is -0.477 e. The van der Waals surface area contributed by atoms with Gasteiger partial charge in [0.1, 0.15) is 12.7 Å². The van der Waals surface area contributed by atoms with Gasteiger partial charge < -0.3 is 5.11 Å². The number of aryl methyl sites for hydroxylation is 1. The Morgan fingerprint density at radius 2 is 2.29 bits per heavy atom. The molecule has 17 heavy (non-hydrogen) atoms. The quantitative estimate of drug-likeness (QED) is 0.820. The molecule has 5 heteroatoms. The highest BCUT2D eigenvalue weighted by Crippen LogP contribution is 2.20. The van der Waals surface area contributed by atoms with E-state index in [2.05, 4.69) is 11.1 Å². The van der Waals surface area contributed by atoms with Gasteiger partial charge in [0.15, 0.2) is 0 Å². The van der Waals surface area contributed by atoms with E-state index < -0.39 is 5.97 Å². The second kappa shape index (κ2) is 4.71. The molecule has 0 aliphatic rings. The lowest BCUT2D eigenvalue weighted by molar-refractivity contribution is 0.0701. The Hall–Kier alpha value is -1.62. The third-order valence-corrected chi connectivity index (χ3v) is 3.45. The monoisotopic (exact) mass is 245 g/mol. The van der Waals surface area contributed by atoms with Crippen LogP contribution in [-0.2, 0) is 6.42 Å². The zero-order valence-corrected chi connectivity index (χ0v) is 10.5. The highest BCUT2D eigenvalue weighted by Gasteiger charge is 2.15. The lowest BCUT2D eigenvalue weighted by atomic mass is 9.93. The first-order valence-corrected chi connectivity index (χ1v) is 6.13. The number of carboxylic acid groups (broad SMARTS) is 1. The summed E-state index contributed by atoms with van der Waals surface area (Å²) in [6, 6.07) is 8.05. The van der Waals surface area contributed by atoms with Gasteiger partial charge >= 0.3 is 5.97 Å². The maximum atomic E-state index is 11.1. The van der Waals surface area contributed by atoms with Crippen molar-refractivity contribution in [3.05, 3.63) is 45.4 Å². The van der Waals surface area contributed by atoms with E-state index in [0.29, 0.717) is 17.0 Å². The fourth-order valence-corrected chi connectivity index (χ4v) is 2.55. The Kier molecular flexibility index (Phi) is 3.29. The zero-order valence-electron chi connectivity index (χ0n) is 9.73. The smallest absolute Gasteiger partial charge is 0.347 e. The number of carbonyl (C=O) groups is 1. The molecule has 0 atom stereocenters. The molecule has 0 spiro atoms. The molecule has 3 nitrogen and oxygen atoms in total. The van der Waals surface area contributed by atoms with E-state index in [1.165, 1.54) is 16.8 Å². The molecule has 1 N–H and O–H groups in total. The average molecular weight is 245 g/mol. The number of aromatic carboxylic acids is 1. The number of hydrogen-bond acceptors (Lipinski definition) is 3. The molecule has 0 saturated carbocycles. The molecule has 0 aliphatic heterocycles. The molecule has 0 unspecified atom stereocenters. The molecule has 86 valence electrons. The average Bonchev–Trinajstić information content (AvgIpc) is 2.59. The maximum Gasteiger partial charge on any atom is 0.347 e. The summed E-state index contributed by atoms with van der Waals surface area (Å²) in [5, 5.41) is 9.88. The number of rotatable bonds is 3. The Morgan fingerprint density at radius 1 is 1.53 bits per heavy atom. The molecule has 0 amide bonds. The van der Waals surface area contributed by atoms with Crippen molar-refractivity contribution in [2.24, 2.45) is 0 Å². The molecular weight excluding hydrogens is 233 g/mol. The van der Waals surface area contributed by atoms with E-state index in [4.69, 9.17) is 5.11 Å². The fraction of sp³-hybridized carbons (Fsp3) is 0.167. The van der Waals surface area contributed by atoms with Gasteiger partial charge in [-0.2, -0.15) is 0 Å². The predicted molar refractivity (Wildman–Crippen MR) is 71.2 cm³/mol. The predicted octanol–water partition coefficient (Wildman–Crippen LogP) is 0.999. The Balaban J connectivity index is 2.32. The summed E-state index contributed by atoms with van der Waals surface area (Å²) in [6.07, 6.45) is 0.577. The zero-order chi connectivity index (χ0) is 12.4. The summed E-state index contributed by atoms with van der Waals surface area (Å²) in [4.78, 5) is 15.7. The summed E-state index contributed by atoms with van der Waals surface area (Å²) in [5.41, 5.74) is 2.93. The Morgan fingerprint density at radius 3 is 2.94 bits per heavy atom. The van der Waals surface area contributed by atoms with Crippen LogP contribution in [0.4, 0.5) is 0 Å². The molecule has 2 aromatic rings. The summed E-state index contributed by atoms with van der Waals surface area (Å²) in [5.74, 6) is -0.891. The van der Waals surface area contributed by atoms with Gasteiger partial charge in [0, 0.05) is 6.42 Å². The number of aromatic nitrogens is 1.